The van der Waals surface area contributed by atoms with E-state index in [1.807, 2.05) is 5.32 Å². The lowest BCUT2D eigenvalue weighted by Crippen LogP contribution is -2.48. The smallest absolute Gasteiger partial charge is 0.326 e. The Morgan fingerprint density at radius 3 is 2.29 bits per heavy atom. The van der Waals surface area contributed by atoms with Crippen LogP contribution in [0.4, 0.5) is 18.0 Å². The summed E-state index contributed by atoms with van der Waals surface area (Å²) in [5, 5.41) is 1.92. The van der Waals surface area contributed by atoms with Crippen LogP contribution in [0.15, 0.2) is 0 Å². The van der Waals surface area contributed by atoms with Crippen LogP contribution in [0, 0.1) is 0 Å². The summed E-state index contributed by atoms with van der Waals surface area (Å²) in [6.07, 6.45) is -2.63. The summed E-state index contributed by atoms with van der Waals surface area (Å²) >= 11 is 0. The molecule has 1 aliphatic rings. The zero-order valence-corrected chi connectivity index (χ0v) is 7.90. The van der Waals surface area contributed by atoms with E-state index in [9.17, 15) is 18.0 Å². The number of alkyl halides is 3. The lowest BCUT2D eigenvalue weighted by molar-refractivity contribution is -0.149. The van der Waals surface area contributed by atoms with Gasteiger partial charge in [-0.3, -0.25) is 0 Å². The van der Waals surface area contributed by atoms with Gasteiger partial charge in [0.15, 0.2) is 0 Å². The molecule has 14 heavy (non-hydrogen) atoms. The monoisotopic (exact) mass is 210 g/mol. The highest BCUT2D eigenvalue weighted by Crippen LogP contribution is 2.20. The van der Waals surface area contributed by atoms with Crippen molar-refractivity contribution in [2.24, 2.45) is 0 Å². The number of nitrogens with zero attached hydrogens (tertiary/aromatic N) is 1. The second kappa shape index (κ2) is 4.06. The lowest BCUT2D eigenvalue weighted by Gasteiger charge is -2.21. The van der Waals surface area contributed by atoms with Crippen LogP contribution in [-0.2, 0) is 0 Å². The fourth-order valence-electron chi connectivity index (χ4n) is 1.28. The van der Waals surface area contributed by atoms with E-state index in [2.05, 4.69) is 0 Å². The molecule has 1 saturated heterocycles. The number of amides is 2. The highest BCUT2D eigenvalue weighted by molar-refractivity contribution is 5.74. The van der Waals surface area contributed by atoms with Gasteiger partial charge in [0.05, 0.1) is 0 Å². The third-order valence-corrected chi connectivity index (χ3v) is 2.22. The maximum Gasteiger partial charge on any atom is 0.408 e. The second-order valence-electron chi connectivity index (χ2n) is 3.41. The Morgan fingerprint density at radius 2 is 1.86 bits per heavy atom. The first-order valence-electron chi connectivity index (χ1n) is 4.53. The van der Waals surface area contributed by atoms with Crippen molar-refractivity contribution in [3.8, 4) is 0 Å². The molecular weight excluding hydrogens is 197 g/mol. The number of urea groups is 1. The first-order valence-corrected chi connectivity index (χ1v) is 4.53. The summed E-state index contributed by atoms with van der Waals surface area (Å²) in [4.78, 5) is 12.6. The van der Waals surface area contributed by atoms with Gasteiger partial charge in [0.25, 0.3) is 0 Å². The van der Waals surface area contributed by atoms with Crippen LogP contribution in [0.25, 0.3) is 0 Å². The van der Waals surface area contributed by atoms with Gasteiger partial charge in [-0.25, -0.2) is 4.79 Å². The Hall–Kier alpha value is -0.940. The molecule has 0 bridgehead atoms. The molecule has 2 amide bonds. The van der Waals surface area contributed by atoms with Crippen molar-refractivity contribution in [2.45, 2.75) is 32.0 Å². The average molecular weight is 210 g/mol. The molecule has 1 unspecified atom stereocenters. The molecule has 1 aliphatic heterocycles. The van der Waals surface area contributed by atoms with E-state index < -0.39 is 18.2 Å². The Balaban J connectivity index is 2.40. The Labute approximate surface area is 80.3 Å². The minimum Gasteiger partial charge on any atom is -0.326 e. The fraction of sp³-hybridized carbons (Fsp3) is 0.875. The van der Waals surface area contributed by atoms with Crippen molar-refractivity contribution in [1.82, 2.24) is 10.2 Å². The van der Waals surface area contributed by atoms with Crippen LogP contribution < -0.4 is 5.32 Å². The molecule has 82 valence electrons. The van der Waals surface area contributed by atoms with Crippen LogP contribution in [0.1, 0.15) is 19.8 Å². The SMILES string of the molecule is CC(NC(=O)N1CCCC1)C(F)(F)F. The van der Waals surface area contributed by atoms with Gasteiger partial charge in [-0.15, -0.1) is 0 Å². The molecule has 0 aromatic rings. The quantitative estimate of drug-likeness (QED) is 0.702. The average Bonchev–Trinajstić information content (AvgIpc) is 2.53. The van der Waals surface area contributed by atoms with Gasteiger partial charge in [-0.1, -0.05) is 0 Å². The molecule has 0 aliphatic carbocycles. The van der Waals surface area contributed by atoms with Crippen molar-refractivity contribution in [3.05, 3.63) is 0 Å². The van der Waals surface area contributed by atoms with Gasteiger partial charge in [0, 0.05) is 13.1 Å². The number of nitrogens with one attached hydrogen (secondary N) is 1. The fourth-order valence-corrected chi connectivity index (χ4v) is 1.28. The second-order valence-corrected chi connectivity index (χ2v) is 3.41. The van der Waals surface area contributed by atoms with Crippen LogP contribution >= 0.6 is 0 Å². The van der Waals surface area contributed by atoms with Gasteiger partial charge >= 0.3 is 12.2 Å². The first-order chi connectivity index (χ1) is 6.41. The standard InChI is InChI=1S/C8H13F3N2O/c1-6(8(9,10)11)12-7(14)13-4-2-3-5-13/h6H,2-5H2,1H3,(H,12,14). The third kappa shape index (κ3) is 2.78. The molecule has 0 saturated carbocycles. The Kier molecular flexibility index (Phi) is 3.23. The highest BCUT2D eigenvalue weighted by Gasteiger charge is 2.37. The van der Waals surface area contributed by atoms with Gasteiger partial charge in [0.1, 0.15) is 6.04 Å². The molecular formula is C8H13F3N2O. The van der Waals surface area contributed by atoms with E-state index in [-0.39, 0.29) is 0 Å². The van der Waals surface area contributed by atoms with Crippen LogP contribution in [0.2, 0.25) is 0 Å². The minimum absolute atomic E-state index is 0.552. The van der Waals surface area contributed by atoms with Crippen molar-refractivity contribution < 1.29 is 18.0 Å². The van der Waals surface area contributed by atoms with Crippen molar-refractivity contribution in [1.29, 1.82) is 0 Å². The molecule has 1 rings (SSSR count). The van der Waals surface area contributed by atoms with Crippen LogP contribution in [-0.4, -0.2) is 36.2 Å². The number of hydrogen-bond acceptors (Lipinski definition) is 1. The summed E-state index contributed by atoms with van der Waals surface area (Å²) in [7, 11) is 0. The normalized spacial score (nSPS) is 19.6. The molecule has 1 fully saturated rings. The summed E-state index contributed by atoms with van der Waals surface area (Å²) in [6.45, 7) is 2.04. The zero-order chi connectivity index (χ0) is 10.8. The predicted octanol–water partition coefficient (Wildman–Crippen LogP) is 1.74. The molecule has 6 heteroatoms. The molecule has 3 nitrogen and oxygen atoms in total. The van der Waals surface area contributed by atoms with E-state index in [4.69, 9.17) is 0 Å². The van der Waals surface area contributed by atoms with Crippen LogP contribution in [0.5, 0.6) is 0 Å². The van der Waals surface area contributed by atoms with Crippen LogP contribution in [0.3, 0.4) is 0 Å². The van der Waals surface area contributed by atoms with E-state index in [0.29, 0.717) is 13.1 Å². The number of likely N-dealkylation sites (tertiary alicyclic amines) is 1. The maximum atomic E-state index is 12.1. The van der Waals surface area contributed by atoms with E-state index in [1.165, 1.54) is 4.90 Å². The maximum absolute atomic E-state index is 12.1. The molecule has 0 radical (unpaired) electrons. The summed E-state index contributed by atoms with van der Waals surface area (Å²) < 4.78 is 36.2. The Morgan fingerprint density at radius 1 is 1.36 bits per heavy atom. The molecule has 1 N–H and O–H groups in total. The minimum atomic E-state index is -4.37. The third-order valence-electron chi connectivity index (χ3n) is 2.22. The van der Waals surface area contributed by atoms with Crippen molar-refractivity contribution in [2.75, 3.05) is 13.1 Å². The lowest BCUT2D eigenvalue weighted by atomic mass is 10.3. The molecule has 0 spiro atoms. The number of rotatable bonds is 1. The molecule has 1 atom stereocenters. The van der Waals surface area contributed by atoms with Crippen molar-refractivity contribution in [3.63, 3.8) is 0 Å². The number of carbonyl (C=O) groups excluding carboxylic acids is 1. The highest BCUT2D eigenvalue weighted by atomic mass is 19.4. The zero-order valence-electron chi connectivity index (χ0n) is 7.90. The van der Waals surface area contributed by atoms with Gasteiger partial charge in [-0.2, -0.15) is 13.2 Å². The van der Waals surface area contributed by atoms with Gasteiger partial charge < -0.3 is 10.2 Å². The summed E-state index contributed by atoms with van der Waals surface area (Å²) in [6, 6.07) is -2.40. The largest absolute Gasteiger partial charge is 0.408 e. The molecule has 0 aromatic carbocycles. The van der Waals surface area contributed by atoms with Gasteiger partial charge in [-0.05, 0) is 19.8 Å². The predicted molar refractivity (Wildman–Crippen MR) is 44.9 cm³/mol. The van der Waals surface area contributed by atoms with E-state index in [0.717, 1.165) is 19.8 Å². The Bertz CT molecular complexity index is 211. The molecule has 0 aromatic heterocycles. The van der Waals surface area contributed by atoms with E-state index >= 15 is 0 Å². The number of halogens is 3. The summed E-state index contributed by atoms with van der Waals surface area (Å²) in [5.74, 6) is 0. The number of carbonyl (C=O) groups is 1. The van der Waals surface area contributed by atoms with Gasteiger partial charge in [0.2, 0.25) is 0 Å². The topological polar surface area (TPSA) is 32.3 Å². The molecule has 1 heterocycles. The van der Waals surface area contributed by atoms with Crippen molar-refractivity contribution >= 4 is 6.03 Å². The number of hydrogen-bond donors (Lipinski definition) is 1. The first kappa shape index (κ1) is 11.1. The summed E-state index contributed by atoms with van der Waals surface area (Å²) in [5.41, 5.74) is 0. The van der Waals surface area contributed by atoms with E-state index in [1.54, 1.807) is 0 Å².